The number of nitrogens with zero attached hydrogens (tertiary/aromatic N) is 1. The third-order valence-corrected chi connectivity index (χ3v) is 3.19. The van der Waals surface area contributed by atoms with E-state index in [1.54, 1.807) is 14.2 Å². The molecular weight excluding hydrogens is 256 g/mol. The quantitative estimate of drug-likeness (QED) is 0.500. The molecule has 0 aromatic heterocycles. The Bertz CT molecular complexity index is 357. The van der Waals surface area contributed by atoms with Gasteiger partial charge >= 0.3 is 0 Å². The molecule has 0 heterocycles. The van der Waals surface area contributed by atoms with Gasteiger partial charge in [-0.15, -0.1) is 0 Å². The number of rotatable bonds is 10. The number of hydrogen-bond acceptors (Lipinski definition) is 5. The van der Waals surface area contributed by atoms with E-state index in [0.717, 1.165) is 31.7 Å². The van der Waals surface area contributed by atoms with Crippen molar-refractivity contribution in [2.45, 2.75) is 12.5 Å². The maximum Gasteiger partial charge on any atom is 0.0916 e. The number of benzene rings is 1. The zero-order chi connectivity index (χ0) is 14.8. The molecule has 1 unspecified atom stereocenters. The highest BCUT2D eigenvalue weighted by Gasteiger charge is 2.13. The molecule has 1 aromatic rings. The van der Waals surface area contributed by atoms with Gasteiger partial charge in [-0.1, -0.05) is 12.1 Å². The fraction of sp³-hybridized carbons (Fsp3) is 0.600. The van der Waals surface area contributed by atoms with Crippen LogP contribution in [-0.4, -0.2) is 57.1 Å². The summed E-state index contributed by atoms with van der Waals surface area (Å²) < 4.78 is 10.2. The Morgan fingerprint density at radius 2 is 1.75 bits per heavy atom. The van der Waals surface area contributed by atoms with Gasteiger partial charge < -0.3 is 20.3 Å². The Labute approximate surface area is 121 Å². The van der Waals surface area contributed by atoms with Gasteiger partial charge in [0.1, 0.15) is 0 Å². The first-order valence-corrected chi connectivity index (χ1v) is 6.91. The van der Waals surface area contributed by atoms with Crippen molar-refractivity contribution in [1.29, 1.82) is 0 Å². The van der Waals surface area contributed by atoms with E-state index in [4.69, 9.17) is 15.2 Å². The Balaban J connectivity index is 2.50. The molecule has 0 amide bonds. The maximum atomic E-state index is 10.3. The molecule has 1 rings (SSSR count). The van der Waals surface area contributed by atoms with Gasteiger partial charge in [0, 0.05) is 46.1 Å². The van der Waals surface area contributed by atoms with Crippen LogP contribution in [0.15, 0.2) is 24.3 Å². The molecule has 0 saturated carbocycles. The third-order valence-electron chi connectivity index (χ3n) is 3.19. The lowest BCUT2D eigenvalue weighted by Crippen LogP contribution is -2.33. The van der Waals surface area contributed by atoms with Crippen LogP contribution >= 0.6 is 0 Å². The summed E-state index contributed by atoms with van der Waals surface area (Å²) >= 11 is 0. The van der Waals surface area contributed by atoms with Crippen LogP contribution in [0.1, 0.15) is 18.1 Å². The molecule has 1 atom stereocenters. The predicted molar refractivity (Wildman–Crippen MR) is 80.6 cm³/mol. The molecule has 0 fully saturated rings. The van der Waals surface area contributed by atoms with E-state index in [2.05, 4.69) is 4.90 Å². The minimum absolute atomic E-state index is 0.519. The molecular formula is C15H26N2O3. The van der Waals surface area contributed by atoms with Crippen LogP contribution in [0.3, 0.4) is 0 Å². The molecule has 0 aliphatic rings. The van der Waals surface area contributed by atoms with Crippen LogP contribution in [0.5, 0.6) is 0 Å². The van der Waals surface area contributed by atoms with Crippen molar-refractivity contribution in [1.82, 2.24) is 4.90 Å². The lowest BCUT2D eigenvalue weighted by molar-refractivity contribution is 0.0818. The minimum atomic E-state index is -0.519. The second kappa shape index (κ2) is 9.72. The molecule has 114 valence electrons. The van der Waals surface area contributed by atoms with E-state index in [1.165, 1.54) is 0 Å². The molecule has 20 heavy (non-hydrogen) atoms. The normalized spacial score (nSPS) is 12.8. The van der Waals surface area contributed by atoms with Gasteiger partial charge in [0.2, 0.25) is 0 Å². The number of hydrogen-bond donors (Lipinski definition) is 2. The number of nitrogens with two attached hydrogens (primary N) is 1. The molecule has 0 aliphatic heterocycles. The molecule has 0 radical (unpaired) electrons. The summed E-state index contributed by atoms with van der Waals surface area (Å²) in [5, 5.41) is 10.3. The monoisotopic (exact) mass is 282 g/mol. The van der Waals surface area contributed by atoms with Gasteiger partial charge in [-0.2, -0.15) is 0 Å². The van der Waals surface area contributed by atoms with Gasteiger partial charge in [-0.3, -0.25) is 4.90 Å². The Morgan fingerprint density at radius 3 is 2.35 bits per heavy atom. The van der Waals surface area contributed by atoms with E-state index in [0.29, 0.717) is 18.8 Å². The lowest BCUT2D eigenvalue weighted by Gasteiger charge is -2.25. The van der Waals surface area contributed by atoms with E-state index in [1.807, 2.05) is 24.3 Å². The van der Waals surface area contributed by atoms with Crippen LogP contribution in [0.4, 0.5) is 5.69 Å². The zero-order valence-corrected chi connectivity index (χ0v) is 12.4. The van der Waals surface area contributed by atoms with Crippen LogP contribution in [0, 0.1) is 0 Å². The van der Waals surface area contributed by atoms with E-state index >= 15 is 0 Å². The summed E-state index contributed by atoms with van der Waals surface area (Å²) in [7, 11) is 3.38. The smallest absolute Gasteiger partial charge is 0.0916 e. The van der Waals surface area contributed by atoms with E-state index in [-0.39, 0.29) is 0 Å². The SMILES string of the molecule is COCCCN(CCOC)CC(O)c1ccc(N)cc1. The first kappa shape index (κ1) is 16.9. The Morgan fingerprint density at radius 1 is 1.10 bits per heavy atom. The number of aliphatic hydroxyl groups excluding tert-OH is 1. The van der Waals surface area contributed by atoms with Gasteiger partial charge in [0.25, 0.3) is 0 Å². The molecule has 1 aromatic carbocycles. The van der Waals surface area contributed by atoms with Crippen molar-refractivity contribution in [2.75, 3.05) is 52.8 Å². The average Bonchev–Trinajstić information content (AvgIpc) is 2.45. The molecule has 0 aliphatic carbocycles. The van der Waals surface area contributed by atoms with Crippen LogP contribution in [-0.2, 0) is 9.47 Å². The van der Waals surface area contributed by atoms with Crippen molar-refractivity contribution in [3.05, 3.63) is 29.8 Å². The molecule has 5 heteroatoms. The van der Waals surface area contributed by atoms with Gasteiger partial charge in [-0.25, -0.2) is 0 Å². The highest BCUT2D eigenvalue weighted by atomic mass is 16.5. The molecule has 0 saturated heterocycles. The van der Waals surface area contributed by atoms with Crippen molar-refractivity contribution in [3.8, 4) is 0 Å². The summed E-state index contributed by atoms with van der Waals surface area (Å²) in [6, 6.07) is 7.35. The number of aliphatic hydroxyl groups is 1. The summed E-state index contributed by atoms with van der Waals surface area (Å²) in [6.07, 6.45) is 0.421. The number of ether oxygens (including phenoxy) is 2. The fourth-order valence-electron chi connectivity index (χ4n) is 2.02. The first-order valence-electron chi connectivity index (χ1n) is 6.91. The molecule has 0 bridgehead atoms. The van der Waals surface area contributed by atoms with Crippen LogP contribution in [0.2, 0.25) is 0 Å². The number of anilines is 1. The predicted octanol–water partition coefficient (Wildman–Crippen LogP) is 1.29. The number of nitrogen functional groups attached to an aromatic ring is 1. The lowest BCUT2D eigenvalue weighted by atomic mass is 10.1. The van der Waals surface area contributed by atoms with E-state index in [9.17, 15) is 5.11 Å². The molecule has 0 spiro atoms. The first-order chi connectivity index (χ1) is 9.67. The Kier molecular flexibility index (Phi) is 8.22. The van der Waals surface area contributed by atoms with E-state index < -0.39 is 6.10 Å². The summed E-state index contributed by atoms with van der Waals surface area (Å²) in [6.45, 7) is 3.63. The number of methoxy groups -OCH3 is 2. The van der Waals surface area contributed by atoms with Crippen LogP contribution in [0.25, 0.3) is 0 Å². The van der Waals surface area contributed by atoms with Crippen molar-refractivity contribution in [2.24, 2.45) is 0 Å². The fourth-order valence-corrected chi connectivity index (χ4v) is 2.02. The zero-order valence-electron chi connectivity index (χ0n) is 12.4. The highest BCUT2D eigenvalue weighted by Crippen LogP contribution is 2.16. The third kappa shape index (κ3) is 6.34. The topological polar surface area (TPSA) is 68.0 Å². The largest absolute Gasteiger partial charge is 0.399 e. The van der Waals surface area contributed by atoms with Gasteiger partial charge in [0.15, 0.2) is 0 Å². The minimum Gasteiger partial charge on any atom is -0.399 e. The van der Waals surface area contributed by atoms with Gasteiger partial charge in [-0.05, 0) is 24.1 Å². The molecule has 5 nitrogen and oxygen atoms in total. The second-order valence-corrected chi connectivity index (χ2v) is 4.82. The molecule has 3 N–H and O–H groups in total. The Hall–Kier alpha value is -1.14. The van der Waals surface area contributed by atoms with Gasteiger partial charge in [0.05, 0.1) is 12.7 Å². The van der Waals surface area contributed by atoms with Crippen molar-refractivity contribution in [3.63, 3.8) is 0 Å². The van der Waals surface area contributed by atoms with Crippen molar-refractivity contribution >= 4 is 5.69 Å². The van der Waals surface area contributed by atoms with Crippen LogP contribution < -0.4 is 5.73 Å². The standard InChI is InChI=1S/C15H26N2O3/c1-19-10-3-8-17(9-11-20-2)12-15(18)13-4-6-14(16)7-5-13/h4-7,15,18H,3,8-12,16H2,1-2H3. The summed E-state index contributed by atoms with van der Waals surface area (Å²) in [5.74, 6) is 0. The van der Waals surface area contributed by atoms with Crippen molar-refractivity contribution < 1.29 is 14.6 Å². The highest BCUT2D eigenvalue weighted by molar-refractivity contribution is 5.39. The average molecular weight is 282 g/mol. The maximum absolute atomic E-state index is 10.3. The second-order valence-electron chi connectivity index (χ2n) is 4.82. The summed E-state index contributed by atoms with van der Waals surface area (Å²) in [4.78, 5) is 2.18. The summed E-state index contributed by atoms with van der Waals surface area (Å²) in [5.41, 5.74) is 7.24.